The Labute approximate surface area is 74.9 Å². The van der Waals surface area contributed by atoms with Crippen LogP contribution in [-0.2, 0) is 0 Å². The molecule has 0 aromatic rings. The minimum Gasteiger partial charge on any atom is -0.395 e. The normalized spacial score (nSPS) is 18.8. The van der Waals surface area contributed by atoms with E-state index in [1.54, 1.807) is 0 Å². The van der Waals surface area contributed by atoms with Crippen LogP contribution in [0.2, 0.25) is 0 Å². The molecular formula is C10H19NO. The van der Waals surface area contributed by atoms with E-state index in [0.29, 0.717) is 6.04 Å². The van der Waals surface area contributed by atoms with Gasteiger partial charge in [-0.15, -0.1) is 6.58 Å². The van der Waals surface area contributed by atoms with Crippen molar-refractivity contribution < 1.29 is 5.11 Å². The SMILES string of the molecule is C=CCN(CCO)C1CCCC1. The molecule has 0 spiro atoms. The summed E-state index contributed by atoms with van der Waals surface area (Å²) in [5.41, 5.74) is 0. The molecule has 0 amide bonds. The Morgan fingerprint density at radius 2 is 2.08 bits per heavy atom. The Bertz CT molecular complexity index is 130. The number of nitrogens with zero attached hydrogens (tertiary/aromatic N) is 1. The number of aliphatic hydroxyl groups is 1. The Morgan fingerprint density at radius 1 is 1.42 bits per heavy atom. The molecule has 0 aliphatic heterocycles. The molecule has 0 bridgehead atoms. The summed E-state index contributed by atoms with van der Waals surface area (Å²) in [7, 11) is 0. The molecule has 70 valence electrons. The van der Waals surface area contributed by atoms with E-state index in [0.717, 1.165) is 13.1 Å². The van der Waals surface area contributed by atoms with E-state index in [9.17, 15) is 0 Å². The van der Waals surface area contributed by atoms with Crippen LogP contribution in [0, 0.1) is 0 Å². The van der Waals surface area contributed by atoms with Crippen molar-refractivity contribution in [2.45, 2.75) is 31.7 Å². The zero-order valence-corrected chi connectivity index (χ0v) is 7.71. The second-order valence-electron chi connectivity index (χ2n) is 3.45. The monoisotopic (exact) mass is 169 g/mol. The summed E-state index contributed by atoms with van der Waals surface area (Å²) in [6.07, 6.45) is 7.23. The number of hydrogen-bond donors (Lipinski definition) is 1. The van der Waals surface area contributed by atoms with E-state index in [1.165, 1.54) is 25.7 Å². The Balaban J connectivity index is 2.33. The fourth-order valence-electron chi connectivity index (χ4n) is 1.99. The lowest BCUT2D eigenvalue weighted by Crippen LogP contribution is -2.35. The average molecular weight is 169 g/mol. The summed E-state index contributed by atoms with van der Waals surface area (Å²) in [6, 6.07) is 0.704. The number of aliphatic hydroxyl groups excluding tert-OH is 1. The molecule has 1 aliphatic carbocycles. The van der Waals surface area contributed by atoms with Gasteiger partial charge in [0.1, 0.15) is 0 Å². The summed E-state index contributed by atoms with van der Waals surface area (Å²) in [5, 5.41) is 8.85. The Kier molecular flexibility index (Phi) is 4.33. The van der Waals surface area contributed by atoms with Crippen LogP contribution in [-0.4, -0.2) is 35.7 Å². The van der Waals surface area contributed by atoms with Gasteiger partial charge in [0.25, 0.3) is 0 Å². The van der Waals surface area contributed by atoms with Crippen LogP contribution in [0.25, 0.3) is 0 Å². The first kappa shape index (κ1) is 9.75. The molecule has 0 aromatic carbocycles. The molecule has 0 atom stereocenters. The van der Waals surface area contributed by atoms with Crippen molar-refractivity contribution >= 4 is 0 Å². The molecule has 2 nitrogen and oxygen atoms in total. The maximum Gasteiger partial charge on any atom is 0.0558 e. The summed E-state index contributed by atoms with van der Waals surface area (Å²) in [4.78, 5) is 2.33. The smallest absolute Gasteiger partial charge is 0.0558 e. The lowest BCUT2D eigenvalue weighted by molar-refractivity contribution is 0.166. The zero-order valence-electron chi connectivity index (χ0n) is 7.71. The summed E-state index contributed by atoms with van der Waals surface area (Å²) < 4.78 is 0. The minimum absolute atomic E-state index is 0.268. The maximum absolute atomic E-state index is 8.85. The molecule has 2 heteroatoms. The van der Waals surface area contributed by atoms with Crippen LogP contribution in [0.3, 0.4) is 0 Å². The first-order valence-corrected chi connectivity index (χ1v) is 4.84. The topological polar surface area (TPSA) is 23.5 Å². The van der Waals surface area contributed by atoms with Crippen molar-refractivity contribution in [1.29, 1.82) is 0 Å². The zero-order chi connectivity index (χ0) is 8.81. The minimum atomic E-state index is 0.268. The molecule has 0 saturated heterocycles. The molecule has 1 N–H and O–H groups in total. The van der Waals surface area contributed by atoms with Gasteiger partial charge in [-0.25, -0.2) is 0 Å². The van der Waals surface area contributed by atoms with E-state index in [1.807, 2.05) is 6.08 Å². The van der Waals surface area contributed by atoms with Crippen molar-refractivity contribution in [1.82, 2.24) is 4.90 Å². The second kappa shape index (κ2) is 5.33. The van der Waals surface area contributed by atoms with E-state index in [4.69, 9.17) is 5.11 Å². The number of rotatable bonds is 5. The van der Waals surface area contributed by atoms with Crippen LogP contribution in [0.15, 0.2) is 12.7 Å². The molecular weight excluding hydrogens is 150 g/mol. The molecule has 0 heterocycles. The van der Waals surface area contributed by atoms with Gasteiger partial charge < -0.3 is 5.11 Å². The number of hydrogen-bond acceptors (Lipinski definition) is 2. The van der Waals surface area contributed by atoms with Gasteiger partial charge in [-0.1, -0.05) is 18.9 Å². The van der Waals surface area contributed by atoms with Gasteiger partial charge in [0.15, 0.2) is 0 Å². The van der Waals surface area contributed by atoms with E-state index in [2.05, 4.69) is 11.5 Å². The third kappa shape index (κ3) is 2.61. The Hall–Kier alpha value is -0.340. The lowest BCUT2D eigenvalue weighted by Gasteiger charge is -2.26. The van der Waals surface area contributed by atoms with E-state index in [-0.39, 0.29) is 6.61 Å². The summed E-state index contributed by atoms with van der Waals surface area (Å²) in [5.74, 6) is 0. The lowest BCUT2D eigenvalue weighted by atomic mass is 10.2. The van der Waals surface area contributed by atoms with Gasteiger partial charge in [-0.3, -0.25) is 4.90 Å². The van der Waals surface area contributed by atoms with Gasteiger partial charge >= 0.3 is 0 Å². The Morgan fingerprint density at radius 3 is 2.58 bits per heavy atom. The van der Waals surface area contributed by atoms with E-state index >= 15 is 0 Å². The van der Waals surface area contributed by atoms with Crippen molar-refractivity contribution in [3.05, 3.63) is 12.7 Å². The molecule has 12 heavy (non-hydrogen) atoms. The predicted molar refractivity (Wildman–Crippen MR) is 51.1 cm³/mol. The third-order valence-electron chi connectivity index (χ3n) is 2.59. The molecule has 1 fully saturated rings. The summed E-state index contributed by atoms with van der Waals surface area (Å²) >= 11 is 0. The van der Waals surface area contributed by atoms with Crippen LogP contribution in [0.5, 0.6) is 0 Å². The fraction of sp³-hybridized carbons (Fsp3) is 0.800. The van der Waals surface area contributed by atoms with Crippen molar-refractivity contribution in [3.8, 4) is 0 Å². The highest BCUT2D eigenvalue weighted by Crippen LogP contribution is 2.22. The first-order valence-electron chi connectivity index (χ1n) is 4.84. The maximum atomic E-state index is 8.85. The first-order chi connectivity index (χ1) is 5.88. The molecule has 1 aliphatic rings. The molecule has 0 unspecified atom stereocenters. The largest absolute Gasteiger partial charge is 0.395 e. The van der Waals surface area contributed by atoms with Gasteiger partial charge in [0.2, 0.25) is 0 Å². The van der Waals surface area contributed by atoms with Gasteiger partial charge in [-0.05, 0) is 12.8 Å². The molecule has 0 radical (unpaired) electrons. The quantitative estimate of drug-likeness (QED) is 0.629. The van der Waals surface area contributed by atoms with Gasteiger partial charge in [0.05, 0.1) is 6.61 Å². The highest BCUT2D eigenvalue weighted by atomic mass is 16.3. The highest BCUT2D eigenvalue weighted by molar-refractivity contribution is 4.82. The van der Waals surface area contributed by atoms with Crippen LogP contribution in [0.1, 0.15) is 25.7 Å². The van der Waals surface area contributed by atoms with Crippen molar-refractivity contribution in [2.24, 2.45) is 0 Å². The second-order valence-corrected chi connectivity index (χ2v) is 3.45. The molecule has 1 saturated carbocycles. The average Bonchev–Trinajstić information content (AvgIpc) is 2.56. The summed E-state index contributed by atoms with van der Waals surface area (Å²) in [6.45, 7) is 5.72. The molecule has 0 aromatic heterocycles. The van der Waals surface area contributed by atoms with Crippen molar-refractivity contribution in [3.63, 3.8) is 0 Å². The van der Waals surface area contributed by atoms with Crippen LogP contribution < -0.4 is 0 Å². The highest BCUT2D eigenvalue weighted by Gasteiger charge is 2.20. The van der Waals surface area contributed by atoms with Gasteiger partial charge in [0, 0.05) is 19.1 Å². The van der Waals surface area contributed by atoms with E-state index < -0.39 is 0 Å². The van der Waals surface area contributed by atoms with Gasteiger partial charge in [-0.2, -0.15) is 0 Å². The third-order valence-corrected chi connectivity index (χ3v) is 2.59. The van der Waals surface area contributed by atoms with Crippen molar-refractivity contribution in [2.75, 3.05) is 19.7 Å². The molecule has 1 rings (SSSR count). The van der Waals surface area contributed by atoms with Crippen LogP contribution >= 0.6 is 0 Å². The van der Waals surface area contributed by atoms with Crippen LogP contribution in [0.4, 0.5) is 0 Å². The standard InChI is InChI=1S/C10H19NO/c1-2-7-11(8-9-12)10-5-3-4-6-10/h2,10,12H,1,3-9H2. The fourth-order valence-corrected chi connectivity index (χ4v) is 1.99. The predicted octanol–water partition coefficient (Wildman–Crippen LogP) is 1.41.